The first-order chi connectivity index (χ1) is 9.32. The van der Waals surface area contributed by atoms with E-state index in [2.05, 4.69) is 5.10 Å². The zero-order valence-corrected chi connectivity index (χ0v) is 11.2. The molecule has 1 N–H and O–H groups in total. The first-order valence-corrected chi connectivity index (χ1v) is 5.85. The molecule has 2 rings (SSSR count). The standard InChI is InChI=1S/C13H13N3O4/c1-7-4-5-10(16(19)20)9(6-7)12(17)11-8(2)14-15(3)13(11)18/h4-6,18H,1-3H3. The van der Waals surface area contributed by atoms with Crippen LogP contribution < -0.4 is 0 Å². The molecular weight excluding hydrogens is 262 g/mol. The number of carbonyl (C=O) groups excluding carboxylic acids is 1. The summed E-state index contributed by atoms with van der Waals surface area (Å²) >= 11 is 0. The van der Waals surface area contributed by atoms with E-state index in [9.17, 15) is 20.0 Å². The molecule has 0 radical (unpaired) electrons. The van der Waals surface area contributed by atoms with E-state index < -0.39 is 10.7 Å². The van der Waals surface area contributed by atoms with Gasteiger partial charge in [0, 0.05) is 13.1 Å². The zero-order valence-electron chi connectivity index (χ0n) is 11.2. The predicted molar refractivity (Wildman–Crippen MR) is 70.9 cm³/mol. The number of aromatic hydroxyl groups is 1. The van der Waals surface area contributed by atoms with Crippen LogP contribution in [0, 0.1) is 24.0 Å². The maximum absolute atomic E-state index is 12.5. The number of nitrogens with zero attached hydrogens (tertiary/aromatic N) is 3. The number of rotatable bonds is 3. The summed E-state index contributed by atoms with van der Waals surface area (Å²) in [6, 6.07) is 4.28. The summed E-state index contributed by atoms with van der Waals surface area (Å²) in [6.45, 7) is 3.30. The average molecular weight is 275 g/mol. The molecule has 0 amide bonds. The van der Waals surface area contributed by atoms with Crippen molar-refractivity contribution in [2.75, 3.05) is 0 Å². The summed E-state index contributed by atoms with van der Waals surface area (Å²) in [6.07, 6.45) is 0. The Bertz CT molecular complexity index is 719. The van der Waals surface area contributed by atoms with Crippen molar-refractivity contribution < 1.29 is 14.8 Å². The number of benzene rings is 1. The highest BCUT2D eigenvalue weighted by atomic mass is 16.6. The molecule has 0 aliphatic rings. The first-order valence-electron chi connectivity index (χ1n) is 5.85. The molecule has 2 aromatic rings. The van der Waals surface area contributed by atoms with Crippen molar-refractivity contribution in [3.05, 3.63) is 50.7 Å². The lowest BCUT2D eigenvalue weighted by atomic mass is 10.00. The van der Waals surface area contributed by atoms with Crippen molar-refractivity contribution in [2.24, 2.45) is 7.05 Å². The Balaban J connectivity index is 2.64. The molecule has 0 unspecified atom stereocenters. The van der Waals surface area contributed by atoms with Crippen LogP contribution in [0.1, 0.15) is 27.2 Å². The molecular formula is C13H13N3O4. The fourth-order valence-electron chi connectivity index (χ4n) is 2.04. The van der Waals surface area contributed by atoms with Gasteiger partial charge in [-0.2, -0.15) is 5.10 Å². The molecule has 7 nitrogen and oxygen atoms in total. The Morgan fingerprint density at radius 1 is 1.40 bits per heavy atom. The van der Waals surface area contributed by atoms with Crippen LogP contribution in [0.2, 0.25) is 0 Å². The molecule has 0 aliphatic heterocycles. The van der Waals surface area contributed by atoms with Gasteiger partial charge in [0.15, 0.2) is 0 Å². The lowest BCUT2D eigenvalue weighted by Gasteiger charge is -2.04. The SMILES string of the molecule is Cc1ccc([N+](=O)[O-])c(C(=O)c2c(C)nn(C)c2O)c1. The molecule has 0 bridgehead atoms. The topological polar surface area (TPSA) is 98.3 Å². The molecule has 0 saturated heterocycles. The van der Waals surface area contributed by atoms with Crippen LogP contribution in [-0.2, 0) is 7.05 Å². The minimum atomic E-state index is -0.616. The van der Waals surface area contributed by atoms with Gasteiger partial charge in [0.1, 0.15) is 11.1 Å². The van der Waals surface area contributed by atoms with E-state index in [1.54, 1.807) is 19.9 Å². The largest absolute Gasteiger partial charge is 0.493 e. The molecule has 7 heteroatoms. The normalized spacial score (nSPS) is 10.6. The third-order valence-corrected chi connectivity index (χ3v) is 3.01. The lowest BCUT2D eigenvalue weighted by molar-refractivity contribution is -0.385. The Kier molecular flexibility index (Phi) is 3.27. The number of aryl methyl sites for hydroxylation is 3. The average Bonchev–Trinajstić information content (AvgIpc) is 2.62. The Morgan fingerprint density at radius 2 is 2.05 bits per heavy atom. The molecule has 0 aliphatic carbocycles. The van der Waals surface area contributed by atoms with E-state index in [-0.39, 0.29) is 22.7 Å². The Labute approximate surface area is 114 Å². The van der Waals surface area contributed by atoms with Crippen LogP contribution >= 0.6 is 0 Å². The maximum atomic E-state index is 12.5. The van der Waals surface area contributed by atoms with Crippen molar-refractivity contribution in [3.8, 4) is 5.88 Å². The summed E-state index contributed by atoms with van der Waals surface area (Å²) < 4.78 is 1.16. The van der Waals surface area contributed by atoms with Gasteiger partial charge in [0.2, 0.25) is 11.7 Å². The third kappa shape index (κ3) is 2.13. The molecule has 1 heterocycles. The summed E-state index contributed by atoms with van der Waals surface area (Å²) in [5.74, 6) is -0.910. The molecule has 1 aromatic heterocycles. The molecule has 0 spiro atoms. The highest BCUT2D eigenvalue weighted by Crippen LogP contribution is 2.28. The van der Waals surface area contributed by atoms with Gasteiger partial charge in [0.05, 0.1) is 10.6 Å². The third-order valence-electron chi connectivity index (χ3n) is 3.01. The first kappa shape index (κ1) is 13.7. The van der Waals surface area contributed by atoms with Gasteiger partial charge in [-0.15, -0.1) is 0 Å². The van der Waals surface area contributed by atoms with Crippen LogP contribution in [0.15, 0.2) is 18.2 Å². The number of carbonyl (C=O) groups is 1. The van der Waals surface area contributed by atoms with Gasteiger partial charge in [0.25, 0.3) is 5.69 Å². The van der Waals surface area contributed by atoms with Crippen molar-refractivity contribution in [1.29, 1.82) is 0 Å². The smallest absolute Gasteiger partial charge is 0.280 e. The molecule has 104 valence electrons. The second-order valence-corrected chi connectivity index (χ2v) is 4.51. The van der Waals surface area contributed by atoms with Gasteiger partial charge >= 0.3 is 0 Å². The van der Waals surface area contributed by atoms with Crippen LogP contribution in [0.5, 0.6) is 5.88 Å². The van der Waals surface area contributed by atoms with Gasteiger partial charge in [-0.1, -0.05) is 6.07 Å². The number of hydrogen-bond acceptors (Lipinski definition) is 5. The number of ketones is 1. The van der Waals surface area contributed by atoms with Crippen molar-refractivity contribution >= 4 is 11.5 Å². The second kappa shape index (κ2) is 4.76. The number of nitro groups is 1. The van der Waals surface area contributed by atoms with E-state index in [0.717, 1.165) is 10.2 Å². The van der Waals surface area contributed by atoms with Gasteiger partial charge in [-0.05, 0) is 25.5 Å². The number of aromatic nitrogens is 2. The summed E-state index contributed by atoms with van der Waals surface area (Å²) in [5.41, 5.74) is 0.691. The molecule has 20 heavy (non-hydrogen) atoms. The van der Waals surface area contributed by atoms with Crippen molar-refractivity contribution in [3.63, 3.8) is 0 Å². The van der Waals surface area contributed by atoms with E-state index >= 15 is 0 Å². The molecule has 1 aromatic carbocycles. The van der Waals surface area contributed by atoms with Crippen molar-refractivity contribution in [1.82, 2.24) is 9.78 Å². The molecule has 0 fully saturated rings. The number of nitro benzene ring substituents is 1. The monoisotopic (exact) mass is 275 g/mol. The van der Waals surface area contributed by atoms with Gasteiger partial charge < -0.3 is 5.11 Å². The Hall–Kier alpha value is -2.70. The minimum absolute atomic E-state index is 0.0128. The Morgan fingerprint density at radius 3 is 2.55 bits per heavy atom. The van der Waals surface area contributed by atoms with E-state index in [4.69, 9.17) is 0 Å². The fraction of sp³-hybridized carbons (Fsp3) is 0.231. The van der Waals surface area contributed by atoms with E-state index in [0.29, 0.717) is 5.69 Å². The van der Waals surface area contributed by atoms with Crippen LogP contribution in [0.4, 0.5) is 5.69 Å². The molecule has 0 atom stereocenters. The lowest BCUT2D eigenvalue weighted by Crippen LogP contribution is -2.07. The highest BCUT2D eigenvalue weighted by molar-refractivity contribution is 6.13. The van der Waals surface area contributed by atoms with Crippen LogP contribution in [0.3, 0.4) is 0 Å². The van der Waals surface area contributed by atoms with Crippen LogP contribution in [0.25, 0.3) is 0 Å². The molecule has 0 saturated carbocycles. The number of hydrogen-bond donors (Lipinski definition) is 1. The van der Waals surface area contributed by atoms with E-state index in [1.165, 1.54) is 19.2 Å². The quantitative estimate of drug-likeness (QED) is 0.524. The van der Waals surface area contributed by atoms with Gasteiger partial charge in [-0.3, -0.25) is 14.9 Å². The fourth-order valence-corrected chi connectivity index (χ4v) is 2.04. The minimum Gasteiger partial charge on any atom is -0.493 e. The zero-order chi connectivity index (χ0) is 15.0. The van der Waals surface area contributed by atoms with Crippen LogP contribution in [-0.4, -0.2) is 25.6 Å². The summed E-state index contributed by atoms with van der Waals surface area (Å²) in [7, 11) is 1.49. The maximum Gasteiger partial charge on any atom is 0.280 e. The van der Waals surface area contributed by atoms with E-state index in [1.807, 2.05) is 0 Å². The predicted octanol–water partition coefficient (Wildman–Crippen LogP) is 1.88. The summed E-state index contributed by atoms with van der Waals surface area (Å²) in [5, 5.41) is 24.8. The highest BCUT2D eigenvalue weighted by Gasteiger charge is 2.27. The van der Waals surface area contributed by atoms with Gasteiger partial charge in [-0.25, -0.2) is 4.68 Å². The second-order valence-electron chi connectivity index (χ2n) is 4.51. The van der Waals surface area contributed by atoms with Crippen molar-refractivity contribution in [2.45, 2.75) is 13.8 Å². The summed E-state index contributed by atoms with van der Waals surface area (Å²) in [4.78, 5) is 22.9.